The largest absolute Gasteiger partial charge is 0.494 e. The SMILES string of the molecule is COc1cc(C(=O)C[C@@H](CCO)C(=O)c2ccc(OC)c(-c3csc4c(F)cccc34)n2)ccc1OCCO. The molecule has 2 aromatic heterocycles. The van der Waals surface area contributed by atoms with Crippen molar-refractivity contribution in [2.45, 2.75) is 12.8 Å². The number of aliphatic hydroxyl groups excluding tert-OH is 2. The third-order valence-electron chi connectivity index (χ3n) is 6.25. The van der Waals surface area contributed by atoms with E-state index in [1.165, 1.54) is 43.8 Å². The van der Waals surface area contributed by atoms with E-state index in [1.54, 1.807) is 35.7 Å². The third kappa shape index (κ3) is 6.08. The Morgan fingerprint density at radius 2 is 1.77 bits per heavy atom. The van der Waals surface area contributed by atoms with Crippen LogP contribution < -0.4 is 14.2 Å². The molecule has 10 heteroatoms. The van der Waals surface area contributed by atoms with Gasteiger partial charge in [-0.25, -0.2) is 9.37 Å². The average Bonchev–Trinajstić information content (AvgIpc) is 3.40. The van der Waals surface area contributed by atoms with Crippen LogP contribution in [0.3, 0.4) is 0 Å². The fourth-order valence-electron chi connectivity index (χ4n) is 4.30. The highest BCUT2D eigenvalue weighted by Crippen LogP contribution is 2.39. The smallest absolute Gasteiger partial charge is 0.184 e. The van der Waals surface area contributed by atoms with Gasteiger partial charge >= 0.3 is 0 Å². The number of nitrogens with zero attached hydrogens (tertiary/aromatic N) is 1. The maximum Gasteiger partial charge on any atom is 0.184 e. The van der Waals surface area contributed by atoms with Crippen molar-refractivity contribution in [3.63, 3.8) is 0 Å². The Balaban J connectivity index is 1.63. The molecule has 0 aliphatic rings. The fourth-order valence-corrected chi connectivity index (χ4v) is 5.25. The first-order chi connectivity index (χ1) is 18.9. The highest BCUT2D eigenvalue weighted by Gasteiger charge is 2.26. The molecule has 204 valence electrons. The summed E-state index contributed by atoms with van der Waals surface area (Å²) in [4.78, 5) is 31.3. The highest BCUT2D eigenvalue weighted by molar-refractivity contribution is 7.17. The van der Waals surface area contributed by atoms with Gasteiger partial charge in [0.1, 0.15) is 29.6 Å². The number of hydrogen-bond donors (Lipinski definition) is 2. The van der Waals surface area contributed by atoms with Crippen LogP contribution >= 0.6 is 11.3 Å². The van der Waals surface area contributed by atoms with Gasteiger partial charge < -0.3 is 24.4 Å². The van der Waals surface area contributed by atoms with Gasteiger partial charge in [-0.3, -0.25) is 9.59 Å². The molecular formula is C29H28FNO7S. The van der Waals surface area contributed by atoms with Crippen molar-refractivity contribution in [3.8, 4) is 28.5 Å². The number of carbonyl (C=O) groups is 2. The summed E-state index contributed by atoms with van der Waals surface area (Å²) in [5.74, 6) is -0.781. The second-order valence-electron chi connectivity index (χ2n) is 8.65. The molecule has 2 N–H and O–H groups in total. The van der Waals surface area contributed by atoms with Crippen molar-refractivity contribution in [3.05, 3.63) is 71.0 Å². The molecule has 0 amide bonds. The summed E-state index contributed by atoms with van der Waals surface area (Å²) in [6.07, 6.45) is -0.0932. The van der Waals surface area contributed by atoms with E-state index in [-0.39, 0.29) is 50.0 Å². The Labute approximate surface area is 228 Å². The second kappa shape index (κ2) is 12.8. The number of benzene rings is 2. The minimum Gasteiger partial charge on any atom is -0.494 e. The topological polar surface area (TPSA) is 115 Å². The molecule has 1 atom stereocenters. The number of hydrogen-bond acceptors (Lipinski definition) is 9. The molecule has 2 aromatic carbocycles. The van der Waals surface area contributed by atoms with Crippen molar-refractivity contribution < 1.29 is 38.4 Å². The monoisotopic (exact) mass is 553 g/mol. The first-order valence-electron chi connectivity index (χ1n) is 12.2. The van der Waals surface area contributed by atoms with Gasteiger partial charge in [0.25, 0.3) is 0 Å². The van der Waals surface area contributed by atoms with Crippen LogP contribution in [0.2, 0.25) is 0 Å². The summed E-state index contributed by atoms with van der Waals surface area (Å²) in [5, 5.41) is 21.1. The van der Waals surface area contributed by atoms with Crippen LogP contribution in [-0.2, 0) is 0 Å². The minimum atomic E-state index is -0.829. The van der Waals surface area contributed by atoms with Crippen molar-refractivity contribution in [1.82, 2.24) is 4.98 Å². The van der Waals surface area contributed by atoms with Crippen LogP contribution in [0.15, 0.2) is 53.9 Å². The van der Waals surface area contributed by atoms with Gasteiger partial charge in [-0.1, -0.05) is 12.1 Å². The van der Waals surface area contributed by atoms with Crippen LogP contribution in [0, 0.1) is 11.7 Å². The molecule has 2 heterocycles. The number of fused-ring (bicyclic) bond motifs is 1. The first kappa shape index (κ1) is 28.2. The number of pyridine rings is 1. The van der Waals surface area contributed by atoms with E-state index < -0.39 is 11.7 Å². The molecule has 0 aliphatic heterocycles. The van der Waals surface area contributed by atoms with Crippen molar-refractivity contribution in [1.29, 1.82) is 0 Å². The number of halogens is 1. The first-order valence-corrected chi connectivity index (χ1v) is 13.1. The maximum atomic E-state index is 14.3. The second-order valence-corrected chi connectivity index (χ2v) is 9.53. The van der Waals surface area contributed by atoms with Crippen LogP contribution in [0.4, 0.5) is 4.39 Å². The third-order valence-corrected chi connectivity index (χ3v) is 7.26. The summed E-state index contributed by atoms with van der Waals surface area (Å²) in [5.41, 5.74) is 1.44. The average molecular weight is 554 g/mol. The summed E-state index contributed by atoms with van der Waals surface area (Å²) < 4.78 is 31.0. The fraction of sp³-hybridized carbons (Fsp3) is 0.276. The van der Waals surface area contributed by atoms with Gasteiger partial charge in [-0.05, 0) is 42.8 Å². The Morgan fingerprint density at radius 3 is 2.49 bits per heavy atom. The minimum absolute atomic E-state index is 0.0645. The molecule has 0 spiro atoms. The number of Topliss-reactive ketones (excluding diaryl/α,β-unsaturated/α-hetero) is 2. The summed E-state index contributed by atoms with van der Waals surface area (Å²) in [7, 11) is 2.92. The van der Waals surface area contributed by atoms with Gasteiger partial charge in [0.05, 0.1) is 25.5 Å². The molecule has 0 fully saturated rings. The molecule has 8 nitrogen and oxygen atoms in total. The molecule has 0 aliphatic carbocycles. The Kier molecular flexibility index (Phi) is 9.23. The molecule has 39 heavy (non-hydrogen) atoms. The van der Waals surface area contributed by atoms with Crippen LogP contribution in [0.5, 0.6) is 17.2 Å². The number of thiophene rings is 1. The lowest BCUT2D eigenvalue weighted by Crippen LogP contribution is -2.21. The lowest BCUT2D eigenvalue weighted by Gasteiger charge is -2.16. The van der Waals surface area contributed by atoms with Crippen molar-refractivity contribution in [2.24, 2.45) is 5.92 Å². The van der Waals surface area contributed by atoms with Gasteiger partial charge in [0.2, 0.25) is 0 Å². The zero-order valence-electron chi connectivity index (χ0n) is 21.5. The quantitative estimate of drug-likeness (QED) is 0.224. The number of ketones is 2. The number of aromatic nitrogens is 1. The van der Waals surface area contributed by atoms with Crippen LogP contribution in [-0.4, -0.2) is 60.8 Å². The van der Waals surface area contributed by atoms with E-state index in [1.807, 2.05) is 0 Å². The van der Waals surface area contributed by atoms with Crippen LogP contribution in [0.1, 0.15) is 33.7 Å². The molecule has 4 aromatic rings. The van der Waals surface area contributed by atoms with Gasteiger partial charge in [0, 0.05) is 40.8 Å². The van der Waals surface area contributed by atoms with E-state index in [2.05, 4.69) is 4.98 Å². The molecule has 0 radical (unpaired) electrons. The molecule has 0 saturated carbocycles. The van der Waals surface area contributed by atoms with Gasteiger partial charge in [0.15, 0.2) is 23.1 Å². The molecule has 4 rings (SSSR count). The number of methoxy groups -OCH3 is 2. The van der Waals surface area contributed by atoms with Gasteiger partial charge in [-0.15, -0.1) is 11.3 Å². The van der Waals surface area contributed by atoms with E-state index >= 15 is 0 Å². The van der Waals surface area contributed by atoms with Gasteiger partial charge in [-0.2, -0.15) is 0 Å². The van der Waals surface area contributed by atoms with E-state index in [0.717, 1.165) is 0 Å². The van der Waals surface area contributed by atoms with E-state index in [4.69, 9.17) is 19.3 Å². The zero-order chi connectivity index (χ0) is 27.9. The number of carbonyl (C=O) groups excluding carboxylic acids is 2. The van der Waals surface area contributed by atoms with Crippen molar-refractivity contribution in [2.75, 3.05) is 34.0 Å². The summed E-state index contributed by atoms with van der Waals surface area (Å²) >= 11 is 1.23. The van der Waals surface area contributed by atoms with E-state index in [0.29, 0.717) is 44.2 Å². The highest BCUT2D eigenvalue weighted by atomic mass is 32.1. The zero-order valence-corrected chi connectivity index (χ0v) is 22.3. The number of rotatable bonds is 13. The summed E-state index contributed by atoms with van der Waals surface area (Å²) in [6, 6.07) is 12.5. The molecular weight excluding hydrogens is 525 g/mol. The Morgan fingerprint density at radius 1 is 1.00 bits per heavy atom. The maximum absolute atomic E-state index is 14.3. The predicted octanol–water partition coefficient (Wildman–Crippen LogP) is 4.95. The molecule has 0 unspecified atom stereocenters. The normalized spacial score (nSPS) is 11.8. The molecule has 0 bridgehead atoms. The standard InChI is InChI=1S/C29H28FNO7S/c1-36-25-9-7-22(31-27(25)20-16-39-29-19(20)4-3-5-21(29)30)28(35)18(10-11-32)14-23(34)17-6-8-24(38-13-12-33)26(15-17)37-2/h3-9,15-16,18,32-33H,10-14H2,1-2H3/t18-/m1/s1. The lowest BCUT2D eigenvalue weighted by molar-refractivity contribution is 0.0824. The lowest BCUT2D eigenvalue weighted by atomic mass is 9.90. The van der Waals surface area contributed by atoms with Crippen LogP contribution in [0.25, 0.3) is 21.3 Å². The molecule has 0 saturated heterocycles. The number of aliphatic hydroxyl groups is 2. The predicted molar refractivity (Wildman–Crippen MR) is 146 cm³/mol. The Hall–Kier alpha value is -3.86. The van der Waals surface area contributed by atoms with Crippen molar-refractivity contribution >= 4 is 33.0 Å². The van der Waals surface area contributed by atoms with E-state index in [9.17, 15) is 19.1 Å². The number of ether oxygens (including phenoxy) is 3. The summed E-state index contributed by atoms with van der Waals surface area (Å²) in [6.45, 7) is -0.391. The Bertz CT molecular complexity index is 1490.